The van der Waals surface area contributed by atoms with Gasteiger partial charge in [0, 0.05) is 25.2 Å². The molecular weight excluding hydrogens is 342 g/mol. The van der Waals surface area contributed by atoms with E-state index in [1.165, 1.54) is 13.2 Å². The zero-order valence-electron chi connectivity index (χ0n) is 16.0. The Balaban J connectivity index is 2.80. The van der Waals surface area contributed by atoms with Crippen LogP contribution in [0, 0.1) is 0 Å². The molecule has 2 N–H and O–H groups in total. The van der Waals surface area contributed by atoms with Gasteiger partial charge in [-0.2, -0.15) is 8.78 Å². The summed E-state index contributed by atoms with van der Waals surface area (Å²) in [5, 5.41) is 6.41. The summed E-state index contributed by atoms with van der Waals surface area (Å²) < 4.78 is 34.9. The van der Waals surface area contributed by atoms with Gasteiger partial charge in [-0.05, 0) is 38.2 Å². The van der Waals surface area contributed by atoms with E-state index in [1.807, 2.05) is 6.92 Å². The first-order valence-electron chi connectivity index (χ1n) is 8.90. The van der Waals surface area contributed by atoms with Crippen LogP contribution in [0.2, 0.25) is 0 Å². The lowest BCUT2D eigenvalue weighted by molar-refractivity contribution is -0.0504. The summed E-state index contributed by atoms with van der Waals surface area (Å²) in [5.74, 6) is 1.30. The first kappa shape index (κ1) is 22.0. The predicted molar refractivity (Wildman–Crippen MR) is 100 cm³/mol. The van der Waals surface area contributed by atoms with Crippen molar-refractivity contribution in [3.8, 4) is 11.5 Å². The normalized spacial score (nSPS) is 11.8. The minimum atomic E-state index is -2.88. The van der Waals surface area contributed by atoms with Crippen LogP contribution in [0.15, 0.2) is 23.2 Å². The van der Waals surface area contributed by atoms with E-state index in [0.29, 0.717) is 23.8 Å². The molecule has 0 aromatic heterocycles. The standard InChI is InChI=1S/C18H30F2N4O2/c1-5-21-18(22-10-11-24(6-2)7-3)23-13-14-12-15(25-4)8-9-16(14)26-17(19)20/h8-9,12,17H,5-7,10-11,13H2,1-4H3,(H2,21,22,23). The highest BCUT2D eigenvalue weighted by molar-refractivity contribution is 5.79. The summed E-state index contributed by atoms with van der Waals surface area (Å²) in [6, 6.07) is 4.70. The van der Waals surface area contributed by atoms with E-state index >= 15 is 0 Å². The van der Waals surface area contributed by atoms with Gasteiger partial charge in [-0.3, -0.25) is 0 Å². The molecule has 0 saturated carbocycles. The van der Waals surface area contributed by atoms with Crippen molar-refractivity contribution in [3.05, 3.63) is 23.8 Å². The Bertz CT molecular complexity index is 552. The molecule has 0 aliphatic heterocycles. The summed E-state index contributed by atoms with van der Waals surface area (Å²) in [4.78, 5) is 6.77. The van der Waals surface area contributed by atoms with Crippen LogP contribution in [0.1, 0.15) is 26.3 Å². The maximum Gasteiger partial charge on any atom is 0.387 e. The van der Waals surface area contributed by atoms with Crippen molar-refractivity contribution in [3.63, 3.8) is 0 Å². The molecule has 1 rings (SSSR count). The molecule has 0 aliphatic rings. The van der Waals surface area contributed by atoms with Crippen LogP contribution in [-0.4, -0.2) is 57.3 Å². The fourth-order valence-corrected chi connectivity index (χ4v) is 2.40. The lowest BCUT2D eigenvalue weighted by Crippen LogP contribution is -2.41. The maximum atomic E-state index is 12.6. The summed E-state index contributed by atoms with van der Waals surface area (Å²) >= 11 is 0. The zero-order valence-corrected chi connectivity index (χ0v) is 16.0. The number of halogens is 2. The third kappa shape index (κ3) is 7.86. The van der Waals surface area contributed by atoms with Gasteiger partial charge in [0.05, 0.1) is 13.7 Å². The molecule has 0 spiro atoms. The Labute approximate surface area is 154 Å². The van der Waals surface area contributed by atoms with E-state index in [9.17, 15) is 8.78 Å². The Morgan fingerprint density at radius 2 is 1.92 bits per heavy atom. The SMILES string of the molecule is CCNC(=NCc1cc(OC)ccc1OC(F)F)NCCN(CC)CC. The van der Waals surface area contributed by atoms with Crippen molar-refractivity contribution in [2.75, 3.05) is 39.8 Å². The highest BCUT2D eigenvalue weighted by Gasteiger charge is 2.11. The van der Waals surface area contributed by atoms with Crippen LogP contribution in [-0.2, 0) is 6.54 Å². The molecule has 0 heterocycles. The topological polar surface area (TPSA) is 58.1 Å². The van der Waals surface area contributed by atoms with Crippen LogP contribution in [0.3, 0.4) is 0 Å². The molecule has 8 heteroatoms. The number of methoxy groups -OCH3 is 1. The lowest BCUT2D eigenvalue weighted by Gasteiger charge is -2.19. The second-order valence-corrected chi connectivity index (χ2v) is 5.50. The number of hydrogen-bond acceptors (Lipinski definition) is 4. The van der Waals surface area contributed by atoms with Crippen LogP contribution in [0.25, 0.3) is 0 Å². The quantitative estimate of drug-likeness (QED) is 0.462. The average molecular weight is 372 g/mol. The summed E-state index contributed by atoms with van der Waals surface area (Å²) in [5.41, 5.74) is 0.533. The molecule has 0 radical (unpaired) electrons. The molecule has 6 nitrogen and oxygen atoms in total. The Kier molecular flexibility index (Phi) is 10.4. The van der Waals surface area contributed by atoms with Gasteiger partial charge < -0.3 is 25.0 Å². The number of nitrogens with one attached hydrogen (secondary N) is 2. The van der Waals surface area contributed by atoms with Crippen LogP contribution < -0.4 is 20.1 Å². The minimum Gasteiger partial charge on any atom is -0.497 e. The number of rotatable bonds is 11. The van der Waals surface area contributed by atoms with Gasteiger partial charge in [-0.1, -0.05) is 13.8 Å². The molecule has 0 bridgehead atoms. The molecule has 1 aromatic rings. The Hall–Kier alpha value is -2.09. The van der Waals surface area contributed by atoms with Crippen molar-refractivity contribution in [1.82, 2.24) is 15.5 Å². The minimum absolute atomic E-state index is 0.100. The smallest absolute Gasteiger partial charge is 0.387 e. The number of nitrogens with zero attached hydrogens (tertiary/aromatic N) is 2. The molecular formula is C18H30F2N4O2. The third-order valence-electron chi connectivity index (χ3n) is 3.85. The second kappa shape index (κ2) is 12.3. The molecule has 1 aromatic carbocycles. The Morgan fingerprint density at radius 1 is 1.19 bits per heavy atom. The lowest BCUT2D eigenvalue weighted by atomic mass is 10.2. The van der Waals surface area contributed by atoms with E-state index in [-0.39, 0.29) is 12.3 Å². The fourth-order valence-electron chi connectivity index (χ4n) is 2.40. The number of benzene rings is 1. The van der Waals surface area contributed by atoms with Crippen molar-refractivity contribution < 1.29 is 18.3 Å². The number of hydrogen-bond donors (Lipinski definition) is 2. The molecule has 0 atom stereocenters. The van der Waals surface area contributed by atoms with Gasteiger partial charge in [0.2, 0.25) is 0 Å². The number of aliphatic imine (C=N–C) groups is 1. The van der Waals surface area contributed by atoms with E-state index in [2.05, 4.69) is 39.1 Å². The highest BCUT2D eigenvalue weighted by atomic mass is 19.3. The van der Waals surface area contributed by atoms with Gasteiger partial charge in [0.15, 0.2) is 5.96 Å². The average Bonchev–Trinajstić information content (AvgIpc) is 2.63. The third-order valence-corrected chi connectivity index (χ3v) is 3.85. The molecule has 0 aliphatic carbocycles. The molecule has 0 fully saturated rings. The van der Waals surface area contributed by atoms with Crippen molar-refractivity contribution >= 4 is 5.96 Å². The van der Waals surface area contributed by atoms with E-state index in [0.717, 1.165) is 26.2 Å². The molecule has 26 heavy (non-hydrogen) atoms. The first-order valence-corrected chi connectivity index (χ1v) is 8.90. The first-order chi connectivity index (χ1) is 12.5. The van der Waals surface area contributed by atoms with Crippen molar-refractivity contribution in [1.29, 1.82) is 0 Å². The highest BCUT2D eigenvalue weighted by Crippen LogP contribution is 2.26. The molecule has 148 valence electrons. The zero-order chi connectivity index (χ0) is 19.4. The van der Waals surface area contributed by atoms with Crippen LogP contribution >= 0.6 is 0 Å². The predicted octanol–water partition coefficient (Wildman–Crippen LogP) is 2.69. The van der Waals surface area contributed by atoms with Crippen molar-refractivity contribution in [2.24, 2.45) is 4.99 Å². The van der Waals surface area contributed by atoms with E-state index in [1.54, 1.807) is 12.1 Å². The van der Waals surface area contributed by atoms with E-state index in [4.69, 9.17) is 4.74 Å². The number of likely N-dealkylation sites (N-methyl/N-ethyl adjacent to an activating group) is 1. The van der Waals surface area contributed by atoms with Crippen LogP contribution in [0.4, 0.5) is 8.78 Å². The summed E-state index contributed by atoms with van der Waals surface area (Å²) in [7, 11) is 1.52. The van der Waals surface area contributed by atoms with E-state index < -0.39 is 6.61 Å². The number of alkyl halides is 2. The Morgan fingerprint density at radius 3 is 2.50 bits per heavy atom. The largest absolute Gasteiger partial charge is 0.497 e. The molecule has 0 amide bonds. The molecule has 0 unspecified atom stereocenters. The van der Waals surface area contributed by atoms with Gasteiger partial charge >= 0.3 is 6.61 Å². The summed E-state index contributed by atoms with van der Waals surface area (Å²) in [6.07, 6.45) is 0. The summed E-state index contributed by atoms with van der Waals surface area (Å²) in [6.45, 7) is 7.85. The molecule has 0 saturated heterocycles. The monoisotopic (exact) mass is 372 g/mol. The number of ether oxygens (including phenoxy) is 2. The fraction of sp³-hybridized carbons (Fsp3) is 0.611. The van der Waals surface area contributed by atoms with Crippen LogP contribution in [0.5, 0.6) is 11.5 Å². The van der Waals surface area contributed by atoms with Gasteiger partial charge in [0.1, 0.15) is 11.5 Å². The van der Waals surface area contributed by atoms with Gasteiger partial charge in [0.25, 0.3) is 0 Å². The maximum absolute atomic E-state index is 12.6. The second-order valence-electron chi connectivity index (χ2n) is 5.50. The van der Waals surface area contributed by atoms with Gasteiger partial charge in [-0.15, -0.1) is 0 Å². The van der Waals surface area contributed by atoms with Crippen molar-refractivity contribution in [2.45, 2.75) is 33.9 Å². The number of guanidine groups is 1. The van der Waals surface area contributed by atoms with Gasteiger partial charge in [-0.25, -0.2) is 4.99 Å².